The molecule has 1 aliphatic heterocycles. The number of unbranched alkanes of at least 4 members (excludes halogenated alkanes) is 24. The van der Waals surface area contributed by atoms with Crippen molar-refractivity contribution in [1.82, 2.24) is 5.32 Å². The summed E-state index contributed by atoms with van der Waals surface area (Å²) in [5.41, 5.74) is 0. The molecule has 0 aromatic rings. The van der Waals surface area contributed by atoms with Crippen LogP contribution >= 0.6 is 0 Å². The van der Waals surface area contributed by atoms with E-state index in [1.807, 2.05) is 0 Å². The summed E-state index contributed by atoms with van der Waals surface area (Å²) in [4.78, 5) is 13.1. The van der Waals surface area contributed by atoms with E-state index in [-0.39, 0.29) is 12.5 Å². The molecule has 1 fully saturated rings. The van der Waals surface area contributed by atoms with Gasteiger partial charge >= 0.3 is 0 Å². The molecule has 1 heterocycles. The molecule has 7 atom stereocenters. The summed E-state index contributed by atoms with van der Waals surface area (Å²) < 4.78 is 11.3. The Balaban J connectivity index is 2.18. The Bertz CT molecular complexity index is 1850. The van der Waals surface area contributed by atoms with Gasteiger partial charge in [-0.1, -0.05) is 307 Å². The number of aliphatic hydroxyl groups is 5. The summed E-state index contributed by atoms with van der Waals surface area (Å²) >= 11 is 0. The van der Waals surface area contributed by atoms with Crippen molar-refractivity contribution in [3.8, 4) is 0 Å². The summed E-state index contributed by atoms with van der Waals surface area (Å²) in [7, 11) is 0. The van der Waals surface area contributed by atoms with Crippen molar-refractivity contribution in [1.29, 1.82) is 0 Å². The van der Waals surface area contributed by atoms with Gasteiger partial charge in [0.2, 0.25) is 5.91 Å². The Morgan fingerprint density at radius 3 is 1.08 bits per heavy atom. The van der Waals surface area contributed by atoms with Gasteiger partial charge < -0.3 is 40.3 Å². The molecule has 6 N–H and O–H groups in total. The zero-order chi connectivity index (χ0) is 61.4. The molecule has 1 amide bonds. The maximum absolute atomic E-state index is 13.1. The molecule has 0 saturated carbocycles. The maximum Gasteiger partial charge on any atom is 0.220 e. The summed E-state index contributed by atoms with van der Waals surface area (Å²) in [6.45, 7) is 3.72. The summed E-state index contributed by atoms with van der Waals surface area (Å²) in [5.74, 6) is -0.172. The number of nitrogens with one attached hydrogen (secondary N) is 1. The van der Waals surface area contributed by atoms with Crippen LogP contribution < -0.4 is 5.32 Å². The van der Waals surface area contributed by atoms with Gasteiger partial charge in [0.05, 0.1) is 25.4 Å². The van der Waals surface area contributed by atoms with E-state index in [0.29, 0.717) is 12.8 Å². The van der Waals surface area contributed by atoms with Crippen molar-refractivity contribution in [3.63, 3.8) is 0 Å². The molecule has 1 aliphatic rings. The van der Waals surface area contributed by atoms with Gasteiger partial charge in [0, 0.05) is 6.42 Å². The van der Waals surface area contributed by atoms with Crippen LogP contribution in [-0.2, 0) is 14.3 Å². The Kier molecular flexibility index (Phi) is 58.7. The zero-order valence-electron chi connectivity index (χ0n) is 54.1. The molecule has 85 heavy (non-hydrogen) atoms. The number of hydrogen-bond donors (Lipinski definition) is 6. The normalized spacial score (nSPS) is 19.1. The number of aliphatic hydroxyl groups excluding tert-OH is 5. The minimum Gasteiger partial charge on any atom is -0.394 e. The van der Waals surface area contributed by atoms with Gasteiger partial charge in [-0.25, -0.2) is 0 Å². The van der Waals surface area contributed by atoms with Gasteiger partial charge in [-0.2, -0.15) is 0 Å². The van der Waals surface area contributed by atoms with E-state index in [4.69, 9.17) is 9.47 Å². The van der Waals surface area contributed by atoms with Gasteiger partial charge in [0.25, 0.3) is 0 Å². The molecular formula is C76H127NO8. The molecule has 0 bridgehead atoms. The van der Waals surface area contributed by atoms with Gasteiger partial charge in [0.1, 0.15) is 24.4 Å². The van der Waals surface area contributed by atoms with Crippen molar-refractivity contribution in [2.75, 3.05) is 13.2 Å². The number of amides is 1. The number of hydrogen-bond acceptors (Lipinski definition) is 8. The molecule has 1 saturated heterocycles. The number of rotatable bonds is 58. The lowest BCUT2D eigenvalue weighted by Gasteiger charge is -2.40. The summed E-state index contributed by atoms with van der Waals surface area (Å²) in [6, 6.07) is -0.745. The van der Waals surface area contributed by atoms with E-state index < -0.39 is 49.5 Å². The highest BCUT2D eigenvalue weighted by molar-refractivity contribution is 5.76. The SMILES string of the molecule is CC/C=C\C/C=C\C/C=C\C/C=C\C/C=C\C/C=C\C/C=C\C/C=C\C/C=C\C/C=C\C/C=C\C/C=C\CCCCCCC(=O)NC(COC1OC(CO)C(O)C(O)C1O)C(O)CCCCCCCCCCCCCCCCCCCCCCC. The molecule has 0 spiro atoms. The highest BCUT2D eigenvalue weighted by atomic mass is 16.7. The smallest absolute Gasteiger partial charge is 0.220 e. The van der Waals surface area contributed by atoms with Crippen LogP contribution in [0.1, 0.15) is 271 Å². The average molecular weight is 1180 g/mol. The van der Waals surface area contributed by atoms with E-state index in [2.05, 4.69) is 165 Å². The molecule has 0 aliphatic carbocycles. The first-order valence-corrected chi connectivity index (χ1v) is 34.5. The second kappa shape index (κ2) is 63.1. The van der Waals surface area contributed by atoms with E-state index in [9.17, 15) is 30.3 Å². The zero-order valence-corrected chi connectivity index (χ0v) is 54.1. The van der Waals surface area contributed by atoms with E-state index >= 15 is 0 Å². The van der Waals surface area contributed by atoms with Crippen molar-refractivity contribution >= 4 is 5.91 Å². The number of carbonyl (C=O) groups is 1. The topological polar surface area (TPSA) is 149 Å². The van der Waals surface area contributed by atoms with Gasteiger partial charge in [-0.3, -0.25) is 4.79 Å². The first kappa shape index (κ1) is 79.1. The lowest BCUT2D eigenvalue weighted by molar-refractivity contribution is -0.302. The Morgan fingerprint density at radius 2 is 0.729 bits per heavy atom. The Hall–Kier alpha value is -3.93. The monoisotopic (exact) mass is 1180 g/mol. The standard InChI is InChI=1S/C76H127NO8/c1-3-5-7-9-11-13-15-17-19-21-23-25-26-27-28-29-30-31-32-33-34-35-36-37-38-39-40-41-42-43-44-46-48-50-52-54-56-58-60-62-64-66-72(80)77-69(68-84-76-75(83)74(82)73(81)71(67-78)85-76)70(79)65-63-61-59-57-55-53-51-49-47-45-24-22-20-18-16-14-12-10-8-6-4-2/h5,7,11,13,17,19,23,25,27-28,30-31,33-34,36-37,39-40,42-43,46,48,52,54,69-71,73-76,78-79,81-83H,3-4,6,8-10,12,14-16,18,20-22,24,26,29,32,35,38,41,44-45,47,49-51,53,55-68H2,1-2H3,(H,77,80)/b7-5-,13-11-,19-17-,25-23-,28-27-,31-30-,34-33-,37-36-,40-39-,43-42-,48-46-,54-52-. The van der Waals surface area contributed by atoms with Crippen LogP contribution in [0.5, 0.6) is 0 Å². The molecule has 0 aromatic heterocycles. The second-order valence-electron chi connectivity index (χ2n) is 23.2. The molecule has 1 rings (SSSR count). The van der Waals surface area contributed by atoms with Crippen LogP contribution in [0, 0.1) is 0 Å². The van der Waals surface area contributed by atoms with Crippen molar-refractivity contribution in [3.05, 3.63) is 146 Å². The second-order valence-corrected chi connectivity index (χ2v) is 23.2. The molecule has 0 aromatic carbocycles. The van der Waals surface area contributed by atoms with E-state index in [1.165, 1.54) is 116 Å². The molecule has 484 valence electrons. The third kappa shape index (κ3) is 51.8. The summed E-state index contributed by atoms with van der Waals surface area (Å²) in [6.07, 6.45) is 90.4. The first-order chi connectivity index (χ1) is 41.8. The molecule has 7 unspecified atom stereocenters. The Morgan fingerprint density at radius 1 is 0.412 bits per heavy atom. The third-order valence-electron chi connectivity index (χ3n) is 15.5. The van der Waals surface area contributed by atoms with Crippen LogP contribution in [-0.4, -0.2) is 87.5 Å². The number of ether oxygens (including phenoxy) is 2. The minimum atomic E-state index is -1.57. The largest absolute Gasteiger partial charge is 0.394 e. The van der Waals surface area contributed by atoms with Gasteiger partial charge in [-0.15, -0.1) is 0 Å². The maximum atomic E-state index is 13.1. The van der Waals surface area contributed by atoms with Crippen LogP contribution in [0.2, 0.25) is 0 Å². The number of allylic oxidation sites excluding steroid dienone is 24. The third-order valence-corrected chi connectivity index (χ3v) is 15.5. The minimum absolute atomic E-state index is 0.156. The highest BCUT2D eigenvalue weighted by Gasteiger charge is 2.44. The number of carbonyl (C=O) groups excluding carboxylic acids is 1. The molecular weight excluding hydrogens is 1050 g/mol. The fraction of sp³-hybridized carbons (Fsp3) is 0.671. The Labute approximate surface area is 521 Å². The molecule has 0 radical (unpaired) electrons. The van der Waals surface area contributed by atoms with Crippen LogP contribution in [0.15, 0.2) is 146 Å². The highest BCUT2D eigenvalue weighted by Crippen LogP contribution is 2.23. The predicted molar refractivity (Wildman–Crippen MR) is 363 cm³/mol. The van der Waals surface area contributed by atoms with Crippen molar-refractivity contribution < 1.29 is 39.8 Å². The first-order valence-electron chi connectivity index (χ1n) is 34.5. The average Bonchev–Trinajstić information content (AvgIpc) is 3.68. The summed E-state index contributed by atoms with van der Waals surface area (Å²) in [5, 5.41) is 54.9. The van der Waals surface area contributed by atoms with E-state index in [1.54, 1.807) is 0 Å². The fourth-order valence-electron chi connectivity index (χ4n) is 10.1. The fourth-order valence-corrected chi connectivity index (χ4v) is 10.1. The quantitative estimate of drug-likeness (QED) is 0.0261. The lowest BCUT2D eigenvalue weighted by Crippen LogP contribution is -2.60. The van der Waals surface area contributed by atoms with E-state index in [0.717, 1.165) is 128 Å². The van der Waals surface area contributed by atoms with Crippen molar-refractivity contribution in [2.45, 2.75) is 314 Å². The molecule has 9 nitrogen and oxygen atoms in total. The molecule has 9 heteroatoms. The van der Waals surface area contributed by atoms with Gasteiger partial charge in [0.15, 0.2) is 6.29 Å². The predicted octanol–water partition coefficient (Wildman–Crippen LogP) is 19.0. The van der Waals surface area contributed by atoms with Crippen LogP contribution in [0.3, 0.4) is 0 Å². The van der Waals surface area contributed by atoms with Crippen LogP contribution in [0.4, 0.5) is 0 Å². The van der Waals surface area contributed by atoms with Crippen LogP contribution in [0.25, 0.3) is 0 Å². The lowest BCUT2D eigenvalue weighted by atomic mass is 9.99. The van der Waals surface area contributed by atoms with Crippen molar-refractivity contribution in [2.24, 2.45) is 0 Å². The van der Waals surface area contributed by atoms with Gasteiger partial charge in [-0.05, 0) is 103 Å².